The van der Waals surface area contributed by atoms with Crippen LogP contribution in [-0.4, -0.2) is 38.4 Å². The van der Waals surface area contributed by atoms with Crippen molar-refractivity contribution in [1.82, 2.24) is 10.6 Å². The Morgan fingerprint density at radius 3 is 2.52 bits per heavy atom. The van der Waals surface area contributed by atoms with Gasteiger partial charge < -0.3 is 20.1 Å². The molecular formula is C18H25F3IN3O2. The van der Waals surface area contributed by atoms with E-state index in [9.17, 15) is 13.2 Å². The number of methoxy groups -OCH3 is 1. The monoisotopic (exact) mass is 499 g/mol. The van der Waals surface area contributed by atoms with Crippen molar-refractivity contribution >= 4 is 29.9 Å². The first-order chi connectivity index (χ1) is 12.4. The molecule has 0 saturated carbocycles. The smallest absolute Gasteiger partial charge is 0.422 e. The van der Waals surface area contributed by atoms with Gasteiger partial charge in [-0.2, -0.15) is 13.2 Å². The van der Waals surface area contributed by atoms with E-state index < -0.39 is 12.8 Å². The standard InChI is InChI=1S/C18H24F3N3O2.HI/c1-3-22-17(24-14-6-4-5-7-14)23-11-13-8-9-15(16(10-13)25-2)26-12-18(19,20)21;/h4-5,8-10,14H,3,6-7,11-12H2,1-2H3,(H2,22,23,24);1H. The highest BCUT2D eigenvalue weighted by Gasteiger charge is 2.29. The molecule has 1 aliphatic carbocycles. The summed E-state index contributed by atoms with van der Waals surface area (Å²) in [5, 5.41) is 6.55. The summed E-state index contributed by atoms with van der Waals surface area (Å²) in [6, 6.07) is 5.12. The van der Waals surface area contributed by atoms with Gasteiger partial charge in [-0.05, 0) is 37.5 Å². The van der Waals surface area contributed by atoms with Crippen molar-refractivity contribution < 1.29 is 22.6 Å². The number of benzene rings is 1. The van der Waals surface area contributed by atoms with E-state index in [1.165, 1.54) is 13.2 Å². The highest BCUT2D eigenvalue weighted by molar-refractivity contribution is 14.0. The predicted molar refractivity (Wildman–Crippen MR) is 110 cm³/mol. The second-order valence-electron chi connectivity index (χ2n) is 5.87. The highest BCUT2D eigenvalue weighted by atomic mass is 127. The largest absolute Gasteiger partial charge is 0.493 e. The van der Waals surface area contributed by atoms with Crippen LogP contribution in [0.1, 0.15) is 25.3 Å². The Kier molecular flexibility index (Phi) is 9.75. The summed E-state index contributed by atoms with van der Waals surface area (Å²) >= 11 is 0. The molecule has 1 aliphatic rings. The third kappa shape index (κ3) is 8.27. The van der Waals surface area contributed by atoms with E-state index in [2.05, 4.69) is 27.8 Å². The molecule has 0 saturated heterocycles. The van der Waals surface area contributed by atoms with E-state index in [1.807, 2.05) is 6.92 Å². The summed E-state index contributed by atoms with van der Waals surface area (Å²) in [6.07, 6.45) is 1.79. The summed E-state index contributed by atoms with van der Waals surface area (Å²) in [5.74, 6) is 1.01. The second kappa shape index (κ2) is 11.3. The van der Waals surface area contributed by atoms with Crippen LogP contribution in [0.4, 0.5) is 13.2 Å². The first-order valence-corrected chi connectivity index (χ1v) is 8.47. The summed E-state index contributed by atoms with van der Waals surface area (Å²) in [6.45, 7) is 1.73. The third-order valence-electron chi connectivity index (χ3n) is 3.73. The number of halogens is 4. The highest BCUT2D eigenvalue weighted by Crippen LogP contribution is 2.30. The molecule has 152 valence electrons. The Morgan fingerprint density at radius 1 is 1.22 bits per heavy atom. The molecule has 0 aliphatic heterocycles. The Morgan fingerprint density at radius 2 is 1.93 bits per heavy atom. The molecule has 0 amide bonds. The minimum absolute atomic E-state index is 0. The summed E-state index contributed by atoms with van der Waals surface area (Å²) in [7, 11) is 1.39. The molecule has 0 radical (unpaired) electrons. The van der Waals surface area contributed by atoms with Crippen molar-refractivity contribution in [3.8, 4) is 11.5 Å². The van der Waals surface area contributed by atoms with E-state index in [0.717, 1.165) is 24.9 Å². The van der Waals surface area contributed by atoms with Gasteiger partial charge in [0, 0.05) is 12.6 Å². The van der Waals surface area contributed by atoms with Crippen LogP contribution in [0.3, 0.4) is 0 Å². The fraction of sp³-hybridized carbons (Fsp3) is 0.500. The first kappa shape index (κ1) is 23.4. The molecule has 5 nitrogen and oxygen atoms in total. The molecule has 0 heterocycles. The van der Waals surface area contributed by atoms with Gasteiger partial charge in [-0.3, -0.25) is 0 Å². The van der Waals surface area contributed by atoms with E-state index in [1.54, 1.807) is 12.1 Å². The van der Waals surface area contributed by atoms with Gasteiger partial charge in [-0.1, -0.05) is 18.2 Å². The van der Waals surface area contributed by atoms with Crippen LogP contribution in [-0.2, 0) is 6.54 Å². The molecule has 0 atom stereocenters. The molecule has 1 aromatic rings. The van der Waals surface area contributed by atoms with Crippen molar-refractivity contribution in [2.24, 2.45) is 4.99 Å². The van der Waals surface area contributed by atoms with Crippen LogP contribution in [0.5, 0.6) is 11.5 Å². The Hall–Kier alpha value is -1.65. The predicted octanol–water partition coefficient (Wildman–Crippen LogP) is 4.03. The Bertz CT molecular complexity index is 643. The average molecular weight is 499 g/mol. The van der Waals surface area contributed by atoms with Gasteiger partial charge in [-0.25, -0.2) is 4.99 Å². The molecule has 2 rings (SSSR count). The second-order valence-corrected chi connectivity index (χ2v) is 5.87. The molecule has 27 heavy (non-hydrogen) atoms. The fourth-order valence-corrected chi connectivity index (χ4v) is 2.51. The van der Waals surface area contributed by atoms with Gasteiger partial charge in [0.1, 0.15) is 0 Å². The molecule has 0 unspecified atom stereocenters. The van der Waals surface area contributed by atoms with Crippen molar-refractivity contribution in [2.45, 2.75) is 38.5 Å². The average Bonchev–Trinajstić information content (AvgIpc) is 3.10. The van der Waals surface area contributed by atoms with Crippen LogP contribution < -0.4 is 20.1 Å². The summed E-state index contributed by atoms with van der Waals surface area (Å²) in [4.78, 5) is 4.53. The zero-order chi connectivity index (χ0) is 19.0. The maximum atomic E-state index is 12.3. The number of aliphatic imine (C=N–C) groups is 1. The van der Waals surface area contributed by atoms with Gasteiger partial charge in [0.2, 0.25) is 0 Å². The summed E-state index contributed by atoms with van der Waals surface area (Å²) in [5.41, 5.74) is 0.808. The minimum Gasteiger partial charge on any atom is -0.493 e. The van der Waals surface area contributed by atoms with Gasteiger partial charge >= 0.3 is 6.18 Å². The van der Waals surface area contributed by atoms with Gasteiger partial charge in [0.05, 0.1) is 13.7 Å². The Labute approximate surface area is 174 Å². The number of nitrogens with zero attached hydrogens (tertiary/aromatic N) is 1. The third-order valence-corrected chi connectivity index (χ3v) is 3.73. The van der Waals surface area contributed by atoms with Gasteiger partial charge in [-0.15, -0.1) is 24.0 Å². The van der Waals surface area contributed by atoms with Crippen LogP contribution in [0.15, 0.2) is 35.3 Å². The van der Waals surface area contributed by atoms with Gasteiger partial charge in [0.15, 0.2) is 24.1 Å². The van der Waals surface area contributed by atoms with E-state index in [-0.39, 0.29) is 35.5 Å². The number of ether oxygens (including phenoxy) is 2. The van der Waals surface area contributed by atoms with Crippen LogP contribution in [0.2, 0.25) is 0 Å². The van der Waals surface area contributed by atoms with Crippen LogP contribution >= 0.6 is 24.0 Å². The fourth-order valence-electron chi connectivity index (χ4n) is 2.51. The number of guanidine groups is 1. The van der Waals surface area contributed by atoms with Gasteiger partial charge in [0.25, 0.3) is 0 Å². The maximum Gasteiger partial charge on any atom is 0.422 e. The van der Waals surface area contributed by atoms with Crippen molar-refractivity contribution in [2.75, 3.05) is 20.3 Å². The lowest BCUT2D eigenvalue weighted by Gasteiger charge is -2.17. The topological polar surface area (TPSA) is 54.9 Å². The minimum atomic E-state index is -4.39. The van der Waals surface area contributed by atoms with Crippen molar-refractivity contribution in [3.63, 3.8) is 0 Å². The molecule has 0 fully saturated rings. The number of alkyl halides is 3. The van der Waals surface area contributed by atoms with E-state index >= 15 is 0 Å². The molecule has 0 aromatic heterocycles. The zero-order valence-corrected chi connectivity index (χ0v) is 17.6. The van der Waals surface area contributed by atoms with E-state index in [4.69, 9.17) is 9.47 Å². The van der Waals surface area contributed by atoms with E-state index in [0.29, 0.717) is 18.5 Å². The maximum absolute atomic E-state index is 12.3. The number of hydrogen-bond acceptors (Lipinski definition) is 3. The number of hydrogen-bond donors (Lipinski definition) is 2. The molecule has 0 spiro atoms. The molecule has 0 bridgehead atoms. The van der Waals surface area contributed by atoms with Crippen LogP contribution in [0.25, 0.3) is 0 Å². The molecule has 9 heteroatoms. The van der Waals surface area contributed by atoms with Crippen molar-refractivity contribution in [3.05, 3.63) is 35.9 Å². The quantitative estimate of drug-likeness (QED) is 0.258. The number of rotatable bonds is 7. The normalized spacial score (nSPS) is 14.6. The van der Waals surface area contributed by atoms with Crippen LogP contribution in [0, 0.1) is 0 Å². The first-order valence-electron chi connectivity index (χ1n) is 8.47. The number of nitrogens with one attached hydrogen (secondary N) is 2. The lowest BCUT2D eigenvalue weighted by Crippen LogP contribution is -2.42. The SMILES string of the molecule is CCNC(=NCc1ccc(OCC(F)(F)F)c(OC)c1)NC1CC=CC1.I. The summed E-state index contributed by atoms with van der Waals surface area (Å²) < 4.78 is 46.8. The lowest BCUT2D eigenvalue weighted by molar-refractivity contribution is -0.153. The molecular weight excluding hydrogens is 474 g/mol. The zero-order valence-electron chi connectivity index (χ0n) is 15.3. The molecule has 2 N–H and O–H groups in total. The Balaban J connectivity index is 0.00000364. The lowest BCUT2D eigenvalue weighted by atomic mass is 10.2. The van der Waals surface area contributed by atoms with Crippen molar-refractivity contribution in [1.29, 1.82) is 0 Å². The molecule has 1 aromatic carbocycles.